The summed E-state index contributed by atoms with van der Waals surface area (Å²) in [5, 5.41) is 4.03. The molecule has 0 bridgehead atoms. The first-order chi connectivity index (χ1) is 10.2. The number of thiophene rings is 1. The largest absolute Gasteiger partial charge is 0.379 e. The Kier molecular flexibility index (Phi) is 5.07. The molecule has 0 spiro atoms. The summed E-state index contributed by atoms with van der Waals surface area (Å²) in [7, 11) is 0. The summed E-state index contributed by atoms with van der Waals surface area (Å²) in [6, 6.07) is 2.00. The highest BCUT2D eigenvalue weighted by Gasteiger charge is 2.32. The predicted molar refractivity (Wildman–Crippen MR) is 91.5 cm³/mol. The molecular weight excluding hydrogens is 324 g/mol. The molecule has 2 aliphatic heterocycles. The lowest BCUT2D eigenvalue weighted by atomic mass is 10.3. The molecule has 1 aromatic heterocycles. The van der Waals surface area contributed by atoms with Gasteiger partial charge in [-0.25, -0.2) is 0 Å². The van der Waals surface area contributed by atoms with Crippen LogP contribution in [0.3, 0.4) is 0 Å². The van der Waals surface area contributed by atoms with Crippen LogP contribution >= 0.6 is 35.3 Å². The van der Waals surface area contributed by atoms with E-state index >= 15 is 0 Å². The topological polar surface area (TPSA) is 32.8 Å². The number of amides is 1. The van der Waals surface area contributed by atoms with Crippen molar-refractivity contribution in [1.29, 1.82) is 0 Å². The van der Waals surface area contributed by atoms with Crippen LogP contribution in [0.25, 0.3) is 6.08 Å². The van der Waals surface area contributed by atoms with Gasteiger partial charge in [0.15, 0.2) is 0 Å². The number of thiocarbonyl (C=S) groups is 1. The lowest BCUT2D eigenvalue weighted by Gasteiger charge is -2.28. The van der Waals surface area contributed by atoms with Crippen molar-refractivity contribution in [2.24, 2.45) is 0 Å². The molecule has 112 valence electrons. The third-order valence-electron chi connectivity index (χ3n) is 3.46. The Morgan fingerprint density at radius 1 is 1.33 bits per heavy atom. The second kappa shape index (κ2) is 7.02. The van der Waals surface area contributed by atoms with Gasteiger partial charge in [0, 0.05) is 26.2 Å². The van der Waals surface area contributed by atoms with E-state index in [0.29, 0.717) is 10.9 Å². The van der Waals surface area contributed by atoms with E-state index in [1.807, 2.05) is 22.9 Å². The summed E-state index contributed by atoms with van der Waals surface area (Å²) in [4.78, 5) is 17.2. The number of hydrogen-bond donors (Lipinski definition) is 0. The van der Waals surface area contributed by atoms with Gasteiger partial charge in [0.2, 0.25) is 0 Å². The molecule has 4 nitrogen and oxygen atoms in total. The van der Waals surface area contributed by atoms with Gasteiger partial charge in [-0.3, -0.25) is 14.6 Å². The number of ether oxygens (including phenoxy) is 1. The van der Waals surface area contributed by atoms with Crippen LogP contribution in [0, 0.1) is 0 Å². The summed E-state index contributed by atoms with van der Waals surface area (Å²) in [6.45, 7) is 4.92. The molecule has 0 saturated carbocycles. The first-order valence-electron chi connectivity index (χ1n) is 6.82. The highest BCUT2D eigenvalue weighted by atomic mass is 32.2. The van der Waals surface area contributed by atoms with Gasteiger partial charge in [0.25, 0.3) is 5.91 Å². The average molecular weight is 340 g/mol. The van der Waals surface area contributed by atoms with Gasteiger partial charge in [-0.1, -0.05) is 24.0 Å². The summed E-state index contributed by atoms with van der Waals surface area (Å²) >= 11 is 8.37. The van der Waals surface area contributed by atoms with Gasteiger partial charge in [-0.2, -0.15) is 11.3 Å². The summed E-state index contributed by atoms with van der Waals surface area (Å²) in [5.74, 6) is 0.0319. The fraction of sp³-hybridized carbons (Fsp3) is 0.429. The van der Waals surface area contributed by atoms with Crippen molar-refractivity contribution >= 4 is 51.6 Å². The third kappa shape index (κ3) is 3.73. The maximum absolute atomic E-state index is 12.4. The zero-order valence-corrected chi connectivity index (χ0v) is 13.9. The summed E-state index contributed by atoms with van der Waals surface area (Å²) in [5.41, 5.74) is 1.06. The van der Waals surface area contributed by atoms with Crippen LogP contribution in [0.1, 0.15) is 5.56 Å². The van der Waals surface area contributed by atoms with Crippen molar-refractivity contribution in [3.63, 3.8) is 0 Å². The number of thioether (sulfide) groups is 1. The Hall–Kier alpha value is -0.730. The standard InChI is InChI=1S/C14H16N2O2S3/c17-13-12(9-11-1-8-20-10-11)21-14(19)16(13)3-2-15-4-6-18-7-5-15/h1,8-10H,2-7H2/b12-9-. The monoisotopic (exact) mass is 340 g/mol. The van der Waals surface area contributed by atoms with E-state index in [9.17, 15) is 4.79 Å². The van der Waals surface area contributed by atoms with E-state index in [1.165, 1.54) is 11.8 Å². The fourth-order valence-electron chi connectivity index (χ4n) is 2.27. The van der Waals surface area contributed by atoms with Crippen LogP contribution in [0.15, 0.2) is 21.7 Å². The molecule has 2 fully saturated rings. The molecule has 0 radical (unpaired) electrons. The summed E-state index contributed by atoms with van der Waals surface area (Å²) in [6.07, 6.45) is 1.92. The number of carbonyl (C=O) groups excluding carboxylic acids is 1. The second-order valence-electron chi connectivity index (χ2n) is 4.84. The first-order valence-corrected chi connectivity index (χ1v) is 8.98. The van der Waals surface area contributed by atoms with Gasteiger partial charge in [-0.15, -0.1) is 0 Å². The second-order valence-corrected chi connectivity index (χ2v) is 7.30. The minimum atomic E-state index is 0.0319. The Bertz CT molecular complexity index is 551. The van der Waals surface area contributed by atoms with Crippen molar-refractivity contribution in [3.05, 3.63) is 27.3 Å². The van der Waals surface area contributed by atoms with Crippen LogP contribution in [-0.4, -0.2) is 59.4 Å². The van der Waals surface area contributed by atoms with Gasteiger partial charge in [0.1, 0.15) is 4.32 Å². The van der Waals surface area contributed by atoms with Crippen LogP contribution in [-0.2, 0) is 9.53 Å². The first kappa shape index (κ1) is 15.2. The van der Waals surface area contributed by atoms with E-state index in [2.05, 4.69) is 4.90 Å². The number of nitrogens with zero attached hydrogens (tertiary/aromatic N) is 2. The summed E-state index contributed by atoms with van der Waals surface area (Å²) < 4.78 is 5.99. The SMILES string of the molecule is O=C1/C(=C/c2ccsc2)SC(=S)N1CCN1CCOCC1. The quantitative estimate of drug-likeness (QED) is 0.620. The Morgan fingerprint density at radius 2 is 2.14 bits per heavy atom. The van der Waals surface area contributed by atoms with Crippen molar-refractivity contribution in [3.8, 4) is 0 Å². The Balaban J connectivity index is 1.61. The zero-order chi connectivity index (χ0) is 14.7. The Morgan fingerprint density at radius 3 is 2.86 bits per heavy atom. The van der Waals surface area contributed by atoms with Crippen molar-refractivity contribution in [2.75, 3.05) is 39.4 Å². The highest BCUT2D eigenvalue weighted by Crippen LogP contribution is 2.32. The smallest absolute Gasteiger partial charge is 0.266 e. The number of hydrogen-bond acceptors (Lipinski definition) is 6. The number of carbonyl (C=O) groups is 1. The maximum atomic E-state index is 12.4. The molecule has 0 aliphatic carbocycles. The molecule has 1 aromatic rings. The van der Waals surface area contributed by atoms with Crippen LogP contribution in [0.4, 0.5) is 0 Å². The van der Waals surface area contributed by atoms with E-state index in [0.717, 1.165) is 43.3 Å². The molecule has 0 aromatic carbocycles. The fourth-order valence-corrected chi connectivity index (χ4v) is 4.19. The zero-order valence-electron chi connectivity index (χ0n) is 11.5. The molecule has 1 amide bonds. The molecule has 2 aliphatic rings. The van der Waals surface area contributed by atoms with E-state index in [-0.39, 0.29) is 5.91 Å². The van der Waals surface area contributed by atoms with Gasteiger partial charge in [0.05, 0.1) is 18.1 Å². The third-order valence-corrected chi connectivity index (χ3v) is 5.54. The average Bonchev–Trinajstić information content (AvgIpc) is 3.09. The van der Waals surface area contributed by atoms with Gasteiger partial charge < -0.3 is 4.74 Å². The van der Waals surface area contributed by atoms with Crippen molar-refractivity contribution in [2.45, 2.75) is 0 Å². The normalized spacial score (nSPS) is 22.5. The van der Waals surface area contributed by atoms with E-state index in [1.54, 1.807) is 16.2 Å². The lowest BCUT2D eigenvalue weighted by Crippen LogP contribution is -2.42. The molecule has 21 heavy (non-hydrogen) atoms. The predicted octanol–water partition coefficient (Wildman–Crippen LogP) is 2.28. The minimum absolute atomic E-state index is 0.0319. The molecule has 0 atom stereocenters. The van der Waals surface area contributed by atoms with Gasteiger partial charge >= 0.3 is 0 Å². The van der Waals surface area contributed by atoms with Crippen LogP contribution < -0.4 is 0 Å². The molecule has 0 unspecified atom stereocenters. The van der Waals surface area contributed by atoms with Gasteiger partial charge in [-0.05, 0) is 28.5 Å². The molecule has 2 saturated heterocycles. The van der Waals surface area contributed by atoms with E-state index in [4.69, 9.17) is 17.0 Å². The van der Waals surface area contributed by atoms with E-state index < -0.39 is 0 Å². The number of morpholine rings is 1. The Labute approximate surface area is 137 Å². The molecule has 7 heteroatoms. The van der Waals surface area contributed by atoms with Crippen LogP contribution in [0.5, 0.6) is 0 Å². The lowest BCUT2D eigenvalue weighted by molar-refractivity contribution is -0.122. The maximum Gasteiger partial charge on any atom is 0.266 e. The van der Waals surface area contributed by atoms with Crippen LogP contribution in [0.2, 0.25) is 0 Å². The molecule has 3 rings (SSSR count). The van der Waals surface area contributed by atoms with Crippen molar-refractivity contribution < 1.29 is 9.53 Å². The minimum Gasteiger partial charge on any atom is -0.379 e. The molecule has 3 heterocycles. The highest BCUT2D eigenvalue weighted by molar-refractivity contribution is 8.26. The molecule has 0 N–H and O–H groups in total. The number of rotatable bonds is 4. The molecular formula is C14H16N2O2S3. The van der Waals surface area contributed by atoms with Crippen molar-refractivity contribution in [1.82, 2.24) is 9.80 Å².